The maximum Gasteiger partial charge on any atom is 0.319 e. The van der Waals surface area contributed by atoms with E-state index in [1.54, 1.807) is 25.2 Å². The fourth-order valence-electron chi connectivity index (χ4n) is 0.923. The lowest BCUT2D eigenvalue weighted by atomic mass is 10.2. The highest BCUT2D eigenvalue weighted by Crippen LogP contribution is 2.25. The summed E-state index contributed by atoms with van der Waals surface area (Å²) >= 11 is 3.21. The molecule has 0 aliphatic carbocycles. The Kier molecular flexibility index (Phi) is 4.01. The third-order valence-corrected chi connectivity index (χ3v) is 4.15. The lowest BCUT2D eigenvalue weighted by Gasteiger charge is -2.17. The molecule has 0 radical (unpaired) electrons. The third-order valence-electron chi connectivity index (χ3n) is 1.91. The van der Waals surface area contributed by atoms with Crippen LogP contribution in [0.4, 0.5) is 0 Å². The molecule has 0 amide bonds. The molecule has 0 aliphatic heterocycles. The molecular weight excluding hydrogens is 216 g/mol. The molecule has 0 aliphatic rings. The zero-order valence-corrected chi connectivity index (χ0v) is 9.95. The summed E-state index contributed by atoms with van der Waals surface area (Å²) < 4.78 is -0.669. The quantitative estimate of drug-likeness (QED) is 0.845. The molecule has 1 aromatic heterocycles. The van der Waals surface area contributed by atoms with Crippen LogP contribution in [-0.4, -0.2) is 21.6 Å². The standard InChI is InChI=1S/C10H14O2S2/c1-10(2,9(11)12)14-7-5-8-4-3-6-13-8/h3-4,6H,5,7H2,1-2H3,(H,11,12). The predicted molar refractivity (Wildman–Crippen MR) is 62.2 cm³/mol. The van der Waals surface area contributed by atoms with Crippen LogP contribution in [0.2, 0.25) is 0 Å². The molecule has 0 atom stereocenters. The molecule has 0 fully saturated rings. The van der Waals surface area contributed by atoms with Crippen LogP contribution in [0.3, 0.4) is 0 Å². The molecule has 1 N–H and O–H groups in total. The monoisotopic (exact) mass is 230 g/mol. The van der Waals surface area contributed by atoms with Crippen molar-refractivity contribution in [1.29, 1.82) is 0 Å². The summed E-state index contributed by atoms with van der Waals surface area (Å²) in [5.74, 6) is 0.119. The molecule has 1 heterocycles. The molecular formula is C10H14O2S2. The third kappa shape index (κ3) is 3.35. The molecule has 0 saturated heterocycles. The Hall–Kier alpha value is -0.480. The maximum atomic E-state index is 10.8. The Labute approximate surface area is 92.3 Å². The van der Waals surface area contributed by atoms with Crippen LogP contribution in [0, 0.1) is 0 Å². The molecule has 1 aromatic rings. The van der Waals surface area contributed by atoms with Crippen molar-refractivity contribution >= 4 is 29.1 Å². The summed E-state index contributed by atoms with van der Waals surface area (Å²) in [6, 6.07) is 4.10. The van der Waals surface area contributed by atoms with Gasteiger partial charge in [-0.25, -0.2) is 0 Å². The highest BCUT2D eigenvalue weighted by molar-refractivity contribution is 8.01. The average Bonchev–Trinajstić information content (AvgIpc) is 2.56. The smallest absolute Gasteiger partial charge is 0.319 e. The molecule has 0 unspecified atom stereocenters. The van der Waals surface area contributed by atoms with Crippen molar-refractivity contribution in [2.24, 2.45) is 0 Å². The second-order valence-electron chi connectivity index (χ2n) is 3.49. The predicted octanol–water partition coefficient (Wildman–Crippen LogP) is 2.89. The number of aliphatic carboxylic acids is 1. The van der Waals surface area contributed by atoms with Crippen molar-refractivity contribution in [3.8, 4) is 0 Å². The van der Waals surface area contributed by atoms with Crippen LogP contribution < -0.4 is 0 Å². The normalized spacial score (nSPS) is 11.6. The highest BCUT2D eigenvalue weighted by atomic mass is 32.2. The number of hydrogen-bond acceptors (Lipinski definition) is 3. The maximum absolute atomic E-state index is 10.8. The topological polar surface area (TPSA) is 37.3 Å². The largest absolute Gasteiger partial charge is 0.480 e. The molecule has 14 heavy (non-hydrogen) atoms. The Morgan fingerprint density at radius 2 is 2.36 bits per heavy atom. The first-order valence-electron chi connectivity index (χ1n) is 4.42. The number of carboxylic acid groups (broad SMARTS) is 1. The Balaban J connectivity index is 2.31. The Morgan fingerprint density at radius 1 is 1.64 bits per heavy atom. The SMILES string of the molecule is CC(C)(SCCc1cccs1)C(=O)O. The minimum atomic E-state index is -0.742. The first-order valence-corrected chi connectivity index (χ1v) is 6.28. The van der Waals surface area contributed by atoms with Gasteiger partial charge in [-0.3, -0.25) is 4.79 Å². The second-order valence-corrected chi connectivity index (χ2v) is 6.24. The molecule has 78 valence electrons. The van der Waals surface area contributed by atoms with Crippen molar-refractivity contribution in [3.63, 3.8) is 0 Å². The average molecular weight is 230 g/mol. The lowest BCUT2D eigenvalue weighted by Crippen LogP contribution is -2.27. The van der Waals surface area contributed by atoms with Gasteiger partial charge in [-0.1, -0.05) is 6.07 Å². The van der Waals surface area contributed by atoms with Crippen molar-refractivity contribution in [3.05, 3.63) is 22.4 Å². The lowest BCUT2D eigenvalue weighted by molar-refractivity contribution is -0.138. The molecule has 0 saturated carbocycles. The van der Waals surface area contributed by atoms with E-state index in [9.17, 15) is 4.79 Å². The van der Waals surface area contributed by atoms with Gasteiger partial charge in [-0.2, -0.15) is 0 Å². The number of hydrogen-bond donors (Lipinski definition) is 1. The van der Waals surface area contributed by atoms with E-state index in [1.807, 2.05) is 11.4 Å². The van der Waals surface area contributed by atoms with Crippen LogP contribution in [0.1, 0.15) is 18.7 Å². The number of thiophene rings is 1. The summed E-state index contributed by atoms with van der Waals surface area (Å²) in [5.41, 5.74) is 0. The van der Waals surface area contributed by atoms with Gasteiger partial charge in [-0.15, -0.1) is 23.1 Å². The van der Waals surface area contributed by atoms with E-state index < -0.39 is 10.7 Å². The van der Waals surface area contributed by atoms with Gasteiger partial charge >= 0.3 is 5.97 Å². The van der Waals surface area contributed by atoms with Crippen LogP contribution in [0.25, 0.3) is 0 Å². The number of aryl methyl sites for hydroxylation is 1. The van der Waals surface area contributed by atoms with E-state index in [4.69, 9.17) is 5.11 Å². The van der Waals surface area contributed by atoms with Crippen LogP contribution in [0.15, 0.2) is 17.5 Å². The Morgan fingerprint density at radius 3 is 2.86 bits per heavy atom. The second kappa shape index (κ2) is 4.84. The van der Waals surface area contributed by atoms with Crippen LogP contribution in [-0.2, 0) is 11.2 Å². The fraction of sp³-hybridized carbons (Fsp3) is 0.500. The fourth-order valence-corrected chi connectivity index (χ4v) is 2.72. The summed E-state index contributed by atoms with van der Waals surface area (Å²) in [5, 5.41) is 10.9. The van der Waals surface area contributed by atoms with Gasteiger partial charge in [0.15, 0.2) is 0 Å². The van der Waals surface area contributed by atoms with E-state index in [1.165, 1.54) is 16.6 Å². The van der Waals surface area contributed by atoms with Gasteiger partial charge < -0.3 is 5.11 Å². The molecule has 0 aromatic carbocycles. The van der Waals surface area contributed by atoms with E-state index in [0.29, 0.717) is 0 Å². The minimum absolute atomic E-state index is 0.669. The summed E-state index contributed by atoms with van der Waals surface area (Å²) in [7, 11) is 0. The van der Waals surface area contributed by atoms with Crippen molar-refractivity contribution in [1.82, 2.24) is 0 Å². The van der Waals surface area contributed by atoms with E-state index in [-0.39, 0.29) is 0 Å². The van der Waals surface area contributed by atoms with Gasteiger partial charge in [-0.05, 0) is 37.5 Å². The van der Waals surface area contributed by atoms with Crippen LogP contribution >= 0.6 is 23.1 Å². The van der Waals surface area contributed by atoms with Crippen molar-refractivity contribution in [2.45, 2.75) is 25.0 Å². The molecule has 0 spiro atoms. The Bertz CT molecular complexity index is 291. The number of thioether (sulfide) groups is 1. The summed E-state index contributed by atoms with van der Waals surface area (Å²) in [6.07, 6.45) is 0.957. The number of rotatable bonds is 5. The van der Waals surface area contributed by atoms with Gasteiger partial charge in [0.1, 0.15) is 4.75 Å². The van der Waals surface area contributed by atoms with Gasteiger partial charge in [0.05, 0.1) is 0 Å². The summed E-state index contributed by atoms with van der Waals surface area (Å²) in [6.45, 7) is 3.49. The number of carbonyl (C=O) groups is 1. The van der Waals surface area contributed by atoms with Gasteiger partial charge in [0, 0.05) is 4.88 Å². The molecule has 1 rings (SSSR count). The molecule has 0 bridgehead atoms. The van der Waals surface area contributed by atoms with E-state index in [2.05, 4.69) is 6.07 Å². The number of carboxylic acids is 1. The zero-order chi connectivity index (χ0) is 10.6. The van der Waals surface area contributed by atoms with E-state index in [0.717, 1.165) is 12.2 Å². The van der Waals surface area contributed by atoms with Crippen LogP contribution in [0.5, 0.6) is 0 Å². The molecule has 2 nitrogen and oxygen atoms in total. The minimum Gasteiger partial charge on any atom is -0.480 e. The van der Waals surface area contributed by atoms with Crippen molar-refractivity contribution < 1.29 is 9.90 Å². The zero-order valence-electron chi connectivity index (χ0n) is 8.32. The highest BCUT2D eigenvalue weighted by Gasteiger charge is 2.26. The first kappa shape index (κ1) is 11.6. The van der Waals surface area contributed by atoms with E-state index >= 15 is 0 Å². The first-order chi connectivity index (χ1) is 6.52. The van der Waals surface area contributed by atoms with Gasteiger partial charge in [0.2, 0.25) is 0 Å². The van der Waals surface area contributed by atoms with Crippen molar-refractivity contribution in [2.75, 3.05) is 5.75 Å². The summed E-state index contributed by atoms with van der Waals surface area (Å²) in [4.78, 5) is 12.1. The van der Waals surface area contributed by atoms with Gasteiger partial charge in [0.25, 0.3) is 0 Å². The molecule has 4 heteroatoms.